The van der Waals surface area contributed by atoms with Gasteiger partial charge < -0.3 is 44.1 Å². The molecule has 4 saturated carbocycles. The number of nitrogens with zero attached hydrogens (tertiary/aromatic N) is 6. The summed E-state index contributed by atoms with van der Waals surface area (Å²) in [4.78, 5) is 0. The summed E-state index contributed by atoms with van der Waals surface area (Å²) in [5.41, 5.74) is 5.50. The molecule has 4 fully saturated rings. The summed E-state index contributed by atoms with van der Waals surface area (Å²) in [6, 6.07) is 60.0. The van der Waals surface area contributed by atoms with Gasteiger partial charge in [0.1, 0.15) is 23.8 Å². The molecule has 16 heteroatoms. The van der Waals surface area contributed by atoms with E-state index in [1.54, 1.807) is 52.2 Å². The molecular formula is C86H134Fe2N6OP4Pd3-4. The summed E-state index contributed by atoms with van der Waals surface area (Å²) in [6.07, 6.45) is 29.0. The Bertz CT molecular complexity index is 2650. The molecular weight excluding hydrogens is 1690 g/mol. The molecule has 6 aromatic carbocycles. The molecule has 0 saturated heterocycles. The minimum Gasteiger partial charge on any atom is -0.814 e. The Morgan fingerprint density at radius 3 is 0.824 bits per heavy atom. The summed E-state index contributed by atoms with van der Waals surface area (Å²) < 4.78 is 6.33. The van der Waals surface area contributed by atoms with Crippen LogP contribution in [0.3, 0.4) is 0 Å². The van der Waals surface area contributed by atoms with Crippen molar-refractivity contribution in [1.29, 1.82) is 0 Å². The van der Waals surface area contributed by atoms with Crippen molar-refractivity contribution < 1.29 is 100 Å². The minimum atomic E-state index is -1.18. The number of para-hydroxylation sites is 2. The monoisotopic (exact) mass is 1820 g/mol. The van der Waals surface area contributed by atoms with E-state index in [2.05, 4.69) is 255 Å². The molecule has 0 heterocycles. The van der Waals surface area contributed by atoms with Crippen LogP contribution in [0.2, 0.25) is 0 Å². The second kappa shape index (κ2) is 71.7. The average molecular weight is 1820 g/mol. The van der Waals surface area contributed by atoms with Gasteiger partial charge in [-0.2, -0.15) is 24.5 Å². The maximum Gasteiger partial charge on any atom is 2.00 e. The molecule has 0 N–H and O–H groups in total. The van der Waals surface area contributed by atoms with E-state index in [9.17, 15) is 0 Å². The van der Waals surface area contributed by atoms with Crippen LogP contribution >= 0.6 is 34.3 Å². The smallest absolute Gasteiger partial charge is 0.814 e. The van der Waals surface area contributed by atoms with E-state index in [1.807, 2.05) is 30.3 Å². The maximum atomic E-state index is 7.44. The van der Waals surface area contributed by atoms with Gasteiger partial charge in [0.25, 0.3) is 0 Å². The van der Waals surface area contributed by atoms with Gasteiger partial charge in [0.15, 0.2) is 5.75 Å². The van der Waals surface area contributed by atoms with Gasteiger partial charge in [-0.15, -0.1) is 24.5 Å². The van der Waals surface area contributed by atoms with Crippen LogP contribution in [-0.2, 0) is 95.4 Å². The average Bonchev–Trinajstić information content (AvgIpc) is 0.845. The van der Waals surface area contributed by atoms with Crippen molar-refractivity contribution in [1.82, 2.24) is 0 Å². The first kappa shape index (κ1) is 116. The molecule has 0 spiro atoms. The van der Waals surface area contributed by atoms with Crippen molar-refractivity contribution in [2.24, 2.45) is 27.6 Å². The van der Waals surface area contributed by atoms with Crippen molar-refractivity contribution in [3.8, 4) is 11.5 Å². The zero-order valence-electron chi connectivity index (χ0n) is 65.6. The van der Waals surface area contributed by atoms with Crippen LogP contribution in [0, 0.1) is 41.4 Å². The number of rotatable bonds is 8. The van der Waals surface area contributed by atoms with Gasteiger partial charge in [0, 0.05) is 80.7 Å². The van der Waals surface area contributed by atoms with Gasteiger partial charge in [-0.1, -0.05) is 273 Å². The van der Waals surface area contributed by atoms with Gasteiger partial charge in [-0.25, -0.2) is 37.3 Å². The van der Waals surface area contributed by atoms with Crippen molar-refractivity contribution in [2.75, 3.05) is 0 Å². The van der Waals surface area contributed by atoms with Gasteiger partial charge in [-0.05, 0) is 145 Å². The summed E-state index contributed by atoms with van der Waals surface area (Å²) in [6.45, 7) is 44.6. The standard InChI is InChI=1S/C25H20OP.C17H19P.2C8H18.C6H11.2C5H11P.6C2H4N.2Fe.3Pd/c1-20-12-8-9-17-23(20)26-24-18-10-11-19-25(24)27(21-13-4-2-5-14-21)22-15-6-3-7-16-22;1-3-9-15(10-4-1)18(17-13-7-8-14-17)16-11-5-2-6-12-16;2*1-7(2,3)8(4,5)6;1-6-4-2-3-5-6;2*6-5-3-1-2-4-5;6*1-2-3;;;;;/h2-19H,1H2;1-6,9-12,17H,7-8,13-14H2;2*1-6H3;6H,1-5H2;2*5H,1-4,6H2;6*2H,1H3;;;;;/q-1;;;;-1;;;6*-1;;;;;+2/p+2. The van der Waals surface area contributed by atoms with Crippen LogP contribution in [0.25, 0.3) is 32.5 Å². The normalized spacial score (nSPS) is 13.2. The van der Waals surface area contributed by atoms with Crippen molar-refractivity contribution >= 4 is 98.1 Å². The molecule has 0 bridgehead atoms. The summed E-state index contributed by atoms with van der Waals surface area (Å²) in [7, 11) is 3.98. The third-order valence-corrected chi connectivity index (χ3v) is 24.6. The molecule has 2 atom stereocenters. The van der Waals surface area contributed by atoms with E-state index in [0.717, 1.165) is 77.2 Å². The predicted molar refractivity (Wildman–Crippen MR) is 460 cm³/mol. The minimum absolute atomic E-state index is 0. The third kappa shape index (κ3) is 57.9. The predicted octanol–water partition coefficient (Wildman–Crippen LogP) is 24.6. The van der Waals surface area contributed by atoms with E-state index in [1.165, 1.54) is 119 Å². The fourth-order valence-corrected chi connectivity index (χ4v) is 16.1. The van der Waals surface area contributed by atoms with E-state index in [-0.39, 0.29) is 95.4 Å². The number of hydrogen-bond donors (Lipinski definition) is 0. The number of hydrogen-bond acceptors (Lipinski definition) is 1. The van der Waals surface area contributed by atoms with Gasteiger partial charge in [0.2, 0.25) is 0 Å². The molecule has 0 amide bonds. The Balaban J connectivity index is -0.000000172. The van der Waals surface area contributed by atoms with Gasteiger partial charge in [0.05, 0.1) is 24.2 Å². The Labute approximate surface area is 696 Å². The summed E-state index contributed by atoms with van der Waals surface area (Å²) in [5, 5.41) is 51.8. The Morgan fingerprint density at radius 2 is 0.588 bits per heavy atom. The first-order chi connectivity index (χ1) is 45.9. The van der Waals surface area contributed by atoms with E-state index in [0.29, 0.717) is 21.7 Å². The molecule has 2 unspecified atom stereocenters. The zero-order valence-corrected chi connectivity index (χ0v) is 76.8. The summed E-state index contributed by atoms with van der Waals surface area (Å²) in [5.74, 6) is 2.49. The first-order valence-corrected chi connectivity index (χ1v) is 39.9. The van der Waals surface area contributed by atoms with Crippen LogP contribution in [0.5, 0.6) is 11.5 Å². The molecule has 584 valence electrons. The van der Waals surface area contributed by atoms with E-state index < -0.39 is 15.8 Å². The quantitative estimate of drug-likeness (QED) is 0.0636. The molecule has 4 aliphatic carbocycles. The Hall–Kier alpha value is -2.24. The topological polar surface area (TPSA) is 143 Å². The van der Waals surface area contributed by atoms with Gasteiger partial charge >= 0.3 is 20.4 Å². The third-order valence-electron chi connectivity index (χ3n) is 17.2. The van der Waals surface area contributed by atoms with Crippen molar-refractivity contribution in [3.63, 3.8) is 0 Å². The van der Waals surface area contributed by atoms with E-state index >= 15 is 0 Å². The van der Waals surface area contributed by atoms with Crippen LogP contribution in [0.1, 0.15) is 233 Å². The van der Waals surface area contributed by atoms with Crippen molar-refractivity contribution in [2.45, 2.75) is 244 Å². The molecule has 0 radical (unpaired) electrons. The van der Waals surface area contributed by atoms with E-state index in [4.69, 9.17) is 37.2 Å². The van der Waals surface area contributed by atoms with Crippen LogP contribution in [0.4, 0.5) is 0 Å². The molecule has 102 heavy (non-hydrogen) atoms. The first-order valence-electron chi connectivity index (χ1n) is 35.5. The number of benzene rings is 6. The number of ether oxygens (including phenoxy) is 1. The second-order valence-electron chi connectivity index (χ2n) is 28.2. The zero-order chi connectivity index (χ0) is 74.1. The molecule has 7 nitrogen and oxygen atoms in total. The van der Waals surface area contributed by atoms with Crippen LogP contribution < -0.4 is 31.3 Å². The molecule has 10 rings (SSSR count). The van der Waals surface area contributed by atoms with Crippen LogP contribution in [-0.4, -0.2) is 54.3 Å². The second-order valence-corrected chi connectivity index (χ2v) is 35.4. The molecule has 4 aliphatic rings. The Morgan fingerprint density at radius 1 is 0.363 bits per heavy atom. The van der Waals surface area contributed by atoms with Crippen molar-refractivity contribution in [3.05, 3.63) is 222 Å². The fraction of sp³-hybridized carbons (Fsp3) is 0.488. The maximum absolute atomic E-state index is 7.44. The largest absolute Gasteiger partial charge is 2.00 e. The van der Waals surface area contributed by atoms with Gasteiger partial charge in [-0.3, -0.25) is 0 Å². The Kier molecular flexibility index (Phi) is 81.2. The fourth-order valence-electron chi connectivity index (χ4n) is 9.18. The summed E-state index contributed by atoms with van der Waals surface area (Å²) >= 11 is 0. The molecule has 0 aliphatic heterocycles. The SMILES string of the molecule is CC(C)(C)C(C)(C)C.CC(C)(C)C(C)(C)C.CC=[N-].CC=[N-].CC=[N-].CC=[N-].CC=[N-].CC=[N-].PC1CCCC1.PC1CCCC1.[CH2-]C1CCCC1.[CH2-]c1ccccc1Oc1ccccc1[PH+](c1ccccc1)c1ccccc1.[Fe].[Fe].[Pd+2].[Pd].[Pd].c1ccc([PH+](c2ccccc2)C2CCCC2)cc1. The van der Waals surface area contributed by atoms with Crippen LogP contribution in [0.15, 0.2) is 170 Å². The molecule has 0 aromatic heterocycles. The molecule has 6 aromatic rings.